The van der Waals surface area contributed by atoms with Gasteiger partial charge in [0, 0.05) is 27.7 Å². The quantitative estimate of drug-likeness (QED) is 0.510. The summed E-state index contributed by atoms with van der Waals surface area (Å²) in [6, 6.07) is 20.7. The van der Waals surface area contributed by atoms with E-state index in [1.807, 2.05) is 34.9 Å². The van der Waals surface area contributed by atoms with Crippen LogP contribution in [0.3, 0.4) is 0 Å². The summed E-state index contributed by atoms with van der Waals surface area (Å²) in [5.41, 5.74) is 2.63. The molecule has 0 fully saturated rings. The zero-order valence-corrected chi connectivity index (χ0v) is 13.0. The maximum absolute atomic E-state index is 13.0. The van der Waals surface area contributed by atoms with Crippen LogP contribution in [-0.4, -0.2) is 9.38 Å². The van der Waals surface area contributed by atoms with Gasteiger partial charge in [0.15, 0.2) is 0 Å². The second kappa shape index (κ2) is 5.89. The molecule has 0 aliphatic rings. The smallest absolute Gasteiger partial charge is 0.137 e. The molecule has 0 atom stereocenters. The zero-order chi connectivity index (χ0) is 15.6. The van der Waals surface area contributed by atoms with Crippen molar-refractivity contribution < 1.29 is 4.39 Å². The molecular formula is C19H13FN2S. The van der Waals surface area contributed by atoms with Crippen LogP contribution in [-0.2, 0) is 0 Å². The molecule has 2 aromatic heterocycles. The minimum absolute atomic E-state index is 0.237. The first-order valence-corrected chi connectivity index (χ1v) is 8.07. The lowest BCUT2D eigenvalue weighted by Crippen LogP contribution is -1.83. The second-order valence-corrected chi connectivity index (χ2v) is 6.33. The molecule has 0 bridgehead atoms. The van der Waals surface area contributed by atoms with Crippen LogP contribution in [0.15, 0.2) is 88.9 Å². The molecule has 4 aromatic rings. The number of halogens is 1. The van der Waals surface area contributed by atoms with Gasteiger partial charge in [-0.2, -0.15) is 0 Å². The van der Waals surface area contributed by atoms with Gasteiger partial charge in [-0.3, -0.25) is 0 Å². The van der Waals surface area contributed by atoms with E-state index in [0.29, 0.717) is 0 Å². The van der Waals surface area contributed by atoms with Gasteiger partial charge in [0.25, 0.3) is 0 Å². The highest BCUT2D eigenvalue weighted by Crippen LogP contribution is 2.28. The zero-order valence-electron chi connectivity index (χ0n) is 12.2. The lowest BCUT2D eigenvalue weighted by atomic mass is 10.2. The molecule has 0 aliphatic carbocycles. The Morgan fingerprint density at radius 3 is 2.35 bits per heavy atom. The maximum atomic E-state index is 13.0. The van der Waals surface area contributed by atoms with Gasteiger partial charge in [0.1, 0.15) is 11.5 Å². The van der Waals surface area contributed by atoms with E-state index < -0.39 is 0 Å². The summed E-state index contributed by atoms with van der Waals surface area (Å²) in [5, 5.41) is 0. The van der Waals surface area contributed by atoms with E-state index in [0.717, 1.165) is 21.8 Å². The maximum Gasteiger partial charge on any atom is 0.137 e. The molecule has 112 valence electrons. The third-order valence-corrected chi connectivity index (χ3v) is 4.53. The molecule has 0 aliphatic heterocycles. The summed E-state index contributed by atoms with van der Waals surface area (Å²) in [7, 11) is 0. The molecule has 0 unspecified atom stereocenters. The van der Waals surface area contributed by atoms with Crippen molar-refractivity contribution in [2.45, 2.75) is 9.79 Å². The Morgan fingerprint density at radius 1 is 0.783 bits per heavy atom. The average Bonchev–Trinajstić information content (AvgIpc) is 3.00. The van der Waals surface area contributed by atoms with E-state index in [-0.39, 0.29) is 5.82 Å². The van der Waals surface area contributed by atoms with E-state index in [1.54, 1.807) is 23.9 Å². The van der Waals surface area contributed by atoms with E-state index in [4.69, 9.17) is 0 Å². The van der Waals surface area contributed by atoms with Crippen LogP contribution in [0, 0.1) is 5.82 Å². The first kappa shape index (κ1) is 14.0. The highest BCUT2D eigenvalue weighted by atomic mass is 32.2. The number of fused-ring (bicyclic) bond motifs is 1. The molecule has 0 amide bonds. The molecule has 0 radical (unpaired) electrons. The van der Waals surface area contributed by atoms with Gasteiger partial charge in [0.2, 0.25) is 0 Å². The number of hydrogen-bond donors (Lipinski definition) is 0. The molecule has 0 N–H and O–H groups in total. The summed E-state index contributed by atoms with van der Waals surface area (Å²) in [4.78, 5) is 6.94. The molecule has 23 heavy (non-hydrogen) atoms. The largest absolute Gasteiger partial charge is 0.305 e. The third kappa shape index (κ3) is 2.98. The Bertz CT molecular complexity index is 946. The number of pyridine rings is 1. The number of benzene rings is 2. The predicted molar refractivity (Wildman–Crippen MR) is 91.2 cm³/mol. The predicted octanol–water partition coefficient (Wildman–Crippen LogP) is 5.29. The fraction of sp³-hybridized carbons (Fsp3) is 0. The van der Waals surface area contributed by atoms with Crippen molar-refractivity contribution in [3.63, 3.8) is 0 Å². The van der Waals surface area contributed by atoms with Crippen molar-refractivity contribution in [3.05, 3.63) is 84.9 Å². The van der Waals surface area contributed by atoms with Crippen LogP contribution in [0.4, 0.5) is 4.39 Å². The summed E-state index contributed by atoms with van der Waals surface area (Å²) >= 11 is 1.71. The van der Waals surface area contributed by atoms with Crippen molar-refractivity contribution in [2.24, 2.45) is 0 Å². The van der Waals surface area contributed by atoms with Crippen LogP contribution in [0.5, 0.6) is 0 Å². The first-order valence-electron chi connectivity index (χ1n) is 7.25. The minimum Gasteiger partial charge on any atom is -0.305 e. The number of rotatable bonds is 3. The molecule has 4 rings (SSSR count). The summed E-state index contributed by atoms with van der Waals surface area (Å²) in [6.07, 6.45) is 4.03. The van der Waals surface area contributed by atoms with Gasteiger partial charge >= 0.3 is 0 Å². The highest BCUT2D eigenvalue weighted by Gasteiger charge is 2.06. The van der Waals surface area contributed by atoms with Crippen LogP contribution in [0.2, 0.25) is 0 Å². The Hall–Kier alpha value is -2.59. The van der Waals surface area contributed by atoms with E-state index in [9.17, 15) is 4.39 Å². The van der Waals surface area contributed by atoms with Crippen molar-refractivity contribution in [1.82, 2.24) is 9.38 Å². The van der Waals surface area contributed by atoms with Crippen LogP contribution >= 0.6 is 11.8 Å². The molecule has 0 saturated carbocycles. The number of hydrogen-bond acceptors (Lipinski definition) is 2. The summed E-state index contributed by atoms with van der Waals surface area (Å²) in [5.74, 6) is -0.237. The van der Waals surface area contributed by atoms with Gasteiger partial charge in [-0.05, 0) is 48.5 Å². The summed E-state index contributed by atoms with van der Waals surface area (Å²) in [6.45, 7) is 0. The molecule has 4 heteroatoms. The van der Waals surface area contributed by atoms with Gasteiger partial charge in [-0.15, -0.1) is 0 Å². The van der Waals surface area contributed by atoms with Gasteiger partial charge in [0.05, 0.1) is 5.69 Å². The van der Waals surface area contributed by atoms with Gasteiger partial charge in [-0.1, -0.05) is 30.0 Å². The van der Waals surface area contributed by atoms with E-state index in [1.165, 1.54) is 17.0 Å². The van der Waals surface area contributed by atoms with Crippen molar-refractivity contribution in [2.75, 3.05) is 0 Å². The minimum atomic E-state index is -0.237. The Kier molecular flexibility index (Phi) is 3.60. The molecular weight excluding hydrogens is 307 g/mol. The van der Waals surface area contributed by atoms with Crippen molar-refractivity contribution in [3.8, 4) is 11.3 Å². The fourth-order valence-corrected chi connectivity index (χ4v) is 3.28. The fourth-order valence-electron chi connectivity index (χ4n) is 2.42. The number of imidazole rings is 1. The van der Waals surface area contributed by atoms with E-state index >= 15 is 0 Å². The van der Waals surface area contributed by atoms with Crippen LogP contribution in [0.1, 0.15) is 0 Å². The molecule has 2 heterocycles. The highest BCUT2D eigenvalue weighted by molar-refractivity contribution is 7.99. The monoisotopic (exact) mass is 320 g/mol. The molecule has 0 saturated heterocycles. The van der Waals surface area contributed by atoms with Crippen molar-refractivity contribution >= 4 is 17.4 Å². The lowest BCUT2D eigenvalue weighted by molar-refractivity contribution is 0.628. The van der Waals surface area contributed by atoms with Crippen LogP contribution < -0.4 is 0 Å². The average molecular weight is 320 g/mol. The van der Waals surface area contributed by atoms with Gasteiger partial charge in [-0.25, -0.2) is 9.37 Å². The normalized spacial score (nSPS) is 11.0. The lowest BCUT2D eigenvalue weighted by Gasteiger charge is -2.02. The Morgan fingerprint density at radius 2 is 1.57 bits per heavy atom. The number of nitrogens with zero attached hydrogens (tertiary/aromatic N) is 2. The van der Waals surface area contributed by atoms with Crippen LogP contribution in [0.25, 0.3) is 16.9 Å². The van der Waals surface area contributed by atoms with E-state index in [2.05, 4.69) is 29.4 Å². The molecule has 0 spiro atoms. The topological polar surface area (TPSA) is 17.3 Å². The molecule has 2 nitrogen and oxygen atoms in total. The SMILES string of the molecule is Fc1ccc(-c2cn3cc(Sc4ccccc4)ccc3n2)cc1. The second-order valence-electron chi connectivity index (χ2n) is 5.18. The standard InChI is InChI=1S/C19H13FN2S/c20-15-8-6-14(7-9-15)18-13-22-12-17(10-11-19(22)21-18)23-16-4-2-1-3-5-16/h1-13H. The first-order chi connectivity index (χ1) is 11.3. The molecule has 2 aromatic carbocycles. The summed E-state index contributed by atoms with van der Waals surface area (Å²) < 4.78 is 15.0. The third-order valence-electron chi connectivity index (χ3n) is 3.54. The Balaban J connectivity index is 1.68. The van der Waals surface area contributed by atoms with Crippen molar-refractivity contribution in [1.29, 1.82) is 0 Å². The Labute approximate surface area is 137 Å². The number of aromatic nitrogens is 2. The van der Waals surface area contributed by atoms with Gasteiger partial charge < -0.3 is 4.40 Å².